The first kappa shape index (κ1) is 22.8. The molecule has 178 valence electrons. The number of rotatable bonds is 7. The lowest BCUT2D eigenvalue weighted by Gasteiger charge is -2.23. The van der Waals surface area contributed by atoms with Crippen molar-refractivity contribution in [2.75, 3.05) is 18.4 Å². The summed E-state index contributed by atoms with van der Waals surface area (Å²) in [4.78, 5) is 37.4. The van der Waals surface area contributed by atoms with Gasteiger partial charge in [0.1, 0.15) is 17.0 Å². The molecule has 4 aromatic rings. The van der Waals surface area contributed by atoms with Crippen LogP contribution in [-0.4, -0.2) is 46.3 Å². The smallest absolute Gasteiger partial charge is 0.407 e. The van der Waals surface area contributed by atoms with E-state index in [9.17, 15) is 9.59 Å². The first-order chi connectivity index (χ1) is 16.5. The van der Waals surface area contributed by atoms with Crippen LogP contribution in [0.1, 0.15) is 30.7 Å². The van der Waals surface area contributed by atoms with Gasteiger partial charge in [0.15, 0.2) is 0 Å². The van der Waals surface area contributed by atoms with E-state index in [-0.39, 0.29) is 17.1 Å². The fraction of sp³-hybridized carbons (Fsp3) is 0.391. The number of alkyl carbamates (subject to hydrolysis) is 1. The number of thiophene rings is 1. The second kappa shape index (κ2) is 9.69. The zero-order valence-corrected chi connectivity index (χ0v) is 20.6. The molecule has 4 N–H and O–H groups in total. The summed E-state index contributed by atoms with van der Waals surface area (Å²) in [5.74, 6) is 0.795. The van der Waals surface area contributed by atoms with Crippen molar-refractivity contribution >= 4 is 60.7 Å². The van der Waals surface area contributed by atoms with Crippen molar-refractivity contribution in [2.45, 2.75) is 45.3 Å². The summed E-state index contributed by atoms with van der Waals surface area (Å²) < 4.78 is 6.00. The summed E-state index contributed by atoms with van der Waals surface area (Å²) in [6.45, 7) is 4.88. The van der Waals surface area contributed by atoms with Gasteiger partial charge in [0.05, 0.1) is 21.7 Å². The molecule has 0 aliphatic heterocycles. The monoisotopic (exact) mass is 498 g/mol. The van der Waals surface area contributed by atoms with Crippen LogP contribution in [0.4, 0.5) is 16.3 Å². The molecule has 0 radical (unpaired) electrons. The lowest BCUT2D eigenvalue weighted by atomic mass is 9.93. The summed E-state index contributed by atoms with van der Waals surface area (Å²) in [6, 6.07) is 6.18. The van der Waals surface area contributed by atoms with Gasteiger partial charge in [-0.15, -0.1) is 11.3 Å². The van der Waals surface area contributed by atoms with Gasteiger partial charge in [-0.3, -0.25) is 4.79 Å². The number of carbonyl (C=O) groups is 1. The molecule has 0 saturated heterocycles. The maximum absolute atomic E-state index is 11.6. The van der Waals surface area contributed by atoms with Gasteiger partial charge in [-0.25, -0.2) is 14.8 Å². The number of carbonyl (C=O) groups excluding carboxylic acids is 1. The third-order valence-electron chi connectivity index (χ3n) is 5.70. The van der Waals surface area contributed by atoms with Gasteiger partial charge in [0.2, 0.25) is 0 Å². The van der Waals surface area contributed by atoms with E-state index in [0.29, 0.717) is 19.1 Å². The Morgan fingerprint density at radius 1 is 1.26 bits per heavy atom. The molecule has 1 atom stereocenters. The van der Waals surface area contributed by atoms with E-state index in [1.165, 1.54) is 21.8 Å². The van der Waals surface area contributed by atoms with Crippen LogP contribution in [0.3, 0.4) is 0 Å². The van der Waals surface area contributed by atoms with E-state index in [1.54, 1.807) is 17.7 Å². The van der Waals surface area contributed by atoms with Crippen molar-refractivity contribution in [1.29, 1.82) is 0 Å². The average molecular weight is 499 g/mol. The number of fused-ring (bicyclic) bond motifs is 4. The van der Waals surface area contributed by atoms with Crippen molar-refractivity contribution < 1.29 is 9.53 Å². The third kappa shape index (κ3) is 4.91. The molecule has 1 aliphatic rings. The molecule has 5 rings (SSSR count). The zero-order valence-electron chi connectivity index (χ0n) is 18.9. The third-order valence-corrected chi connectivity index (χ3v) is 7.71. The summed E-state index contributed by atoms with van der Waals surface area (Å²) in [6.07, 6.45) is 3.97. The highest BCUT2D eigenvalue weighted by atomic mass is 32.1. The van der Waals surface area contributed by atoms with Crippen LogP contribution in [-0.2, 0) is 17.6 Å². The SMILES string of the molecule is CC(C)OC(=O)NCCNC1CCc2c(sc3ncnc(Nc4ccc5[nH]c(=O)sc5c4)c23)C1. The predicted octanol–water partition coefficient (Wildman–Crippen LogP) is 3.92. The van der Waals surface area contributed by atoms with Gasteiger partial charge in [-0.1, -0.05) is 11.3 Å². The minimum Gasteiger partial charge on any atom is -0.447 e. The zero-order chi connectivity index (χ0) is 23.7. The number of nitrogens with one attached hydrogen (secondary N) is 4. The Hall–Kier alpha value is -3.02. The lowest BCUT2D eigenvalue weighted by molar-refractivity contribution is 0.115. The van der Waals surface area contributed by atoms with E-state index in [4.69, 9.17) is 4.74 Å². The number of hydrogen-bond donors (Lipinski definition) is 4. The van der Waals surface area contributed by atoms with Gasteiger partial charge in [-0.05, 0) is 56.9 Å². The number of H-pyrrole nitrogens is 1. The Balaban J connectivity index is 1.27. The molecular formula is C23H26N6O3S2. The Kier molecular flexibility index (Phi) is 6.48. The van der Waals surface area contributed by atoms with Crippen molar-refractivity contribution in [3.05, 3.63) is 44.6 Å². The van der Waals surface area contributed by atoms with Gasteiger partial charge < -0.3 is 25.7 Å². The first-order valence-corrected chi connectivity index (χ1v) is 12.9. The molecule has 1 unspecified atom stereocenters. The molecule has 3 aromatic heterocycles. The summed E-state index contributed by atoms with van der Waals surface area (Å²) in [5.41, 5.74) is 3.04. The number of aromatic nitrogens is 3. The standard InChI is InChI=1S/C23H26N6O3S2/c1-12(2)32-22(30)25-8-7-24-13-3-5-15-17(9-13)33-21-19(15)20(26-11-27-21)28-14-4-6-16-18(10-14)34-23(31)29-16/h4,6,10-13,24H,3,5,7-9H2,1-2H3,(H,25,30)(H,29,31)(H,26,27,28). The number of hydrogen-bond acceptors (Lipinski definition) is 9. The summed E-state index contributed by atoms with van der Waals surface area (Å²) >= 11 is 2.92. The number of benzene rings is 1. The number of nitrogens with zero attached hydrogens (tertiary/aromatic N) is 2. The molecule has 3 heterocycles. The van der Waals surface area contributed by atoms with E-state index >= 15 is 0 Å². The topological polar surface area (TPSA) is 121 Å². The van der Waals surface area contributed by atoms with E-state index in [2.05, 4.69) is 30.9 Å². The maximum atomic E-state index is 11.6. The van der Waals surface area contributed by atoms with Crippen LogP contribution in [0.15, 0.2) is 29.3 Å². The number of ether oxygens (including phenoxy) is 1. The van der Waals surface area contributed by atoms with Crippen molar-refractivity contribution in [1.82, 2.24) is 25.6 Å². The van der Waals surface area contributed by atoms with E-state index in [1.807, 2.05) is 32.0 Å². The van der Waals surface area contributed by atoms with Gasteiger partial charge >= 0.3 is 11.0 Å². The number of thiazole rings is 1. The van der Waals surface area contributed by atoms with Gasteiger partial charge in [0, 0.05) is 29.7 Å². The van der Waals surface area contributed by atoms with Crippen molar-refractivity contribution in [2.24, 2.45) is 0 Å². The highest BCUT2D eigenvalue weighted by molar-refractivity contribution is 7.19. The summed E-state index contributed by atoms with van der Waals surface area (Å²) in [7, 11) is 0. The highest BCUT2D eigenvalue weighted by Gasteiger charge is 2.25. The number of amides is 1. The normalized spacial score (nSPS) is 15.6. The van der Waals surface area contributed by atoms with Crippen LogP contribution in [0, 0.1) is 0 Å². The number of anilines is 2. The average Bonchev–Trinajstić information content (AvgIpc) is 3.35. The first-order valence-electron chi connectivity index (χ1n) is 11.3. The van der Waals surface area contributed by atoms with Crippen LogP contribution in [0.2, 0.25) is 0 Å². The van der Waals surface area contributed by atoms with Crippen LogP contribution in [0.25, 0.3) is 20.4 Å². The molecule has 34 heavy (non-hydrogen) atoms. The quantitative estimate of drug-likeness (QED) is 0.285. The minimum atomic E-state index is -0.379. The van der Waals surface area contributed by atoms with E-state index < -0.39 is 0 Å². The van der Waals surface area contributed by atoms with Crippen LogP contribution in [0.5, 0.6) is 0 Å². The largest absolute Gasteiger partial charge is 0.447 e. The van der Waals surface area contributed by atoms with E-state index in [0.717, 1.165) is 51.2 Å². The number of aromatic amines is 1. The van der Waals surface area contributed by atoms with Crippen molar-refractivity contribution in [3.8, 4) is 0 Å². The second-order valence-corrected chi connectivity index (χ2v) is 10.6. The fourth-order valence-electron chi connectivity index (χ4n) is 4.24. The Bertz CT molecular complexity index is 1390. The minimum absolute atomic E-state index is 0.0575. The Labute approximate surface area is 204 Å². The fourth-order valence-corrected chi connectivity index (χ4v) is 6.28. The Morgan fingerprint density at radius 3 is 3.00 bits per heavy atom. The molecule has 0 bridgehead atoms. The maximum Gasteiger partial charge on any atom is 0.407 e. The predicted molar refractivity (Wildman–Crippen MR) is 137 cm³/mol. The molecule has 0 saturated carbocycles. The second-order valence-electron chi connectivity index (χ2n) is 8.53. The molecule has 11 heteroatoms. The van der Waals surface area contributed by atoms with Crippen molar-refractivity contribution in [3.63, 3.8) is 0 Å². The molecular weight excluding hydrogens is 472 g/mol. The summed E-state index contributed by atoms with van der Waals surface area (Å²) in [5, 5.41) is 10.8. The van der Waals surface area contributed by atoms with Crippen LogP contribution < -0.4 is 20.8 Å². The molecule has 0 spiro atoms. The molecule has 9 nitrogen and oxygen atoms in total. The van der Waals surface area contributed by atoms with Crippen LogP contribution >= 0.6 is 22.7 Å². The number of aryl methyl sites for hydroxylation is 1. The Morgan fingerprint density at radius 2 is 2.15 bits per heavy atom. The molecule has 1 amide bonds. The molecule has 1 aliphatic carbocycles. The molecule has 1 aromatic carbocycles. The highest BCUT2D eigenvalue weighted by Crippen LogP contribution is 2.39. The van der Waals surface area contributed by atoms with Gasteiger partial charge in [-0.2, -0.15) is 0 Å². The van der Waals surface area contributed by atoms with Gasteiger partial charge in [0.25, 0.3) is 0 Å². The molecule has 0 fully saturated rings. The lowest BCUT2D eigenvalue weighted by Crippen LogP contribution is -2.40.